The van der Waals surface area contributed by atoms with Crippen molar-refractivity contribution in [3.05, 3.63) is 0 Å². The largest absolute Gasteiger partial charge is 0.389 e. The molecule has 0 radical (unpaired) electrons. The van der Waals surface area contributed by atoms with Crippen LogP contribution in [0.1, 0.15) is 44.9 Å². The van der Waals surface area contributed by atoms with Gasteiger partial charge in [0.2, 0.25) is 0 Å². The minimum atomic E-state index is -0.389. The molecule has 2 rings (SSSR count). The Hall–Kier alpha value is -0.0800. The molecule has 2 aliphatic rings. The standard InChI is InChI=1S/C10H19NO/c11-8-9(4-3-5-9)10(12)6-1-2-7-10/h12H,1-8,11H2. The highest BCUT2D eigenvalue weighted by molar-refractivity contribution is 5.06. The first-order valence-electron chi connectivity index (χ1n) is 5.15. The van der Waals surface area contributed by atoms with Crippen LogP contribution in [0.25, 0.3) is 0 Å². The predicted molar refractivity (Wildman–Crippen MR) is 48.8 cm³/mol. The van der Waals surface area contributed by atoms with Crippen molar-refractivity contribution in [1.29, 1.82) is 0 Å². The molecule has 12 heavy (non-hydrogen) atoms. The zero-order valence-electron chi connectivity index (χ0n) is 7.68. The third-order valence-electron chi connectivity index (χ3n) is 4.12. The Morgan fingerprint density at radius 1 is 1.00 bits per heavy atom. The van der Waals surface area contributed by atoms with Crippen molar-refractivity contribution >= 4 is 0 Å². The van der Waals surface area contributed by atoms with E-state index in [1.165, 1.54) is 19.3 Å². The zero-order valence-corrected chi connectivity index (χ0v) is 7.68. The fourth-order valence-corrected chi connectivity index (χ4v) is 2.95. The van der Waals surface area contributed by atoms with Crippen LogP contribution in [-0.4, -0.2) is 17.3 Å². The smallest absolute Gasteiger partial charge is 0.0715 e. The van der Waals surface area contributed by atoms with Gasteiger partial charge in [0.1, 0.15) is 0 Å². The van der Waals surface area contributed by atoms with Crippen molar-refractivity contribution in [2.24, 2.45) is 11.1 Å². The summed E-state index contributed by atoms with van der Waals surface area (Å²) in [5.41, 5.74) is 5.50. The Balaban J connectivity index is 2.14. The van der Waals surface area contributed by atoms with E-state index in [0.717, 1.165) is 25.7 Å². The van der Waals surface area contributed by atoms with Crippen molar-refractivity contribution in [2.45, 2.75) is 50.5 Å². The van der Waals surface area contributed by atoms with Crippen LogP contribution in [0.5, 0.6) is 0 Å². The van der Waals surface area contributed by atoms with Gasteiger partial charge in [-0.25, -0.2) is 0 Å². The average molecular weight is 169 g/mol. The van der Waals surface area contributed by atoms with E-state index in [1.54, 1.807) is 0 Å². The molecule has 0 aromatic rings. The molecule has 2 aliphatic carbocycles. The van der Waals surface area contributed by atoms with Gasteiger partial charge in [0.25, 0.3) is 0 Å². The van der Waals surface area contributed by atoms with Crippen LogP contribution < -0.4 is 5.73 Å². The van der Waals surface area contributed by atoms with Crippen molar-refractivity contribution in [1.82, 2.24) is 0 Å². The van der Waals surface area contributed by atoms with Crippen LogP contribution in [0.2, 0.25) is 0 Å². The summed E-state index contributed by atoms with van der Waals surface area (Å²) in [6.45, 7) is 0.684. The summed E-state index contributed by atoms with van der Waals surface area (Å²) >= 11 is 0. The molecular weight excluding hydrogens is 150 g/mol. The molecule has 0 aliphatic heterocycles. The second-order valence-electron chi connectivity index (χ2n) is 4.58. The third-order valence-corrected chi connectivity index (χ3v) is 4.12. The molecule has 2 saturated carbocycles. The lowest BCUT2D eigenvalue weighted by atomic mass is 9.58. The summed E-state index contributed by atoms with van der Waals surface area (Å²) in [4.78, 5) is 0. The molecule has 0 atom stereocenters. The Labute approximate surface area is 74.1 Å². The second-order valence-corrected chi connectivity index (χ2v) is 4.58. The molecular formula is C10H19NO. The van der Waals surface area contributed by atoms with Gasteiger partial charge < -0.3 is 10.8 Å². The number of nitrogens with two attached hydrogens (primary N) is 1. The number of hydrogen-bond acceptors (Lipinski definition) is 2. The van der Waals surface area contributed by atoms with Crippen LogP contribution in [-0.2, 0) is 0 Å². The first-order chi connectivity index (χ1) is 5.72. The third kappa shape index (κ3) is 0.944. The van der Waals surface area contributed by atoms with Gasteiger partial charge in [0.15, 0.2) is 0 Å². The molecule has 0 aromatic heterocycles. The fraction of sp³-hybridized carbons (Fsp3) is 1.00. The SMILES string of the molecule is NCC1(C2(O)CCCC2)CCC1. The summed E-state index contributed by atoms with van der Waals surface area (Å²) in [5, 5.41) is 10.4. The molecule has 0 spiro atoms. The Bertz CT molecular complexity index is 163. The Kier molecular flexibility index (Phi) is 1.92. The van der Waals surface area contributed by atoms with Crippen molar-refractivity contribution in [3.63, 3.8) is 0 Å². The van der Waals surface area contributed by atoms with Crippen LogP contribution >= 0.6 is 0 Å². The fourth-order valence-electron chi connectivity index (χ4n) is 2.95. The van der Waals surface area contributed by atoms with E-state index < -0.39 is 0 Å². The summed E-state index contributed by atoms with van der Waals surface area (Å²) in [6, 6.07) is 0. The van der Waals surface area contributed by atoms with Crippen molar-refractivity contribution < 1.29 is 5.11 Å². The molecule has 2 nitrogen and oxygen atoms in total. The van der Waals surface area contributed by atoms with Crippen molar-refractivity contribution in [3.8, 4) is 0 Å². The van der Waals surface area contributed by atoms with E-state index in [2.05, 4.69) is 0 Å². The lowest BCUT2D eigenvalue weighted by Gasteiger charge is -2.51. The Morgan fingerprint density at radius 2 is 1.58 bits per heavy atom. The predicted octanol–water partition coefficient (Wildman–Crippen LogP) is 1.42. The van der Waals surface area contributed by atoms with Crippen LogP contribution in [0.4, 0.5) is 0 Å². The number of rotatable bonds is 2. The molecule has 0 unspecified atom stereocenters. The van der Waals surface area contributed by atoms with Gasteiger partial charge in [-0.15, -0.1) is 0 Å². The maximum absolute atomic E-state index is 10.4. The highest BCUT2D eigenvalue weighted by Crippen LogP contribution is 2.54. The van der Waals surface area contributed by atoms with Gasteiger partial charge in [-0.2, -0.15) is 0 Å². The van der Waals surface area contributed by atoms with Gasteiger partial charge in [-0.3, -0.25) is 0 Å². The molecule has 0 saturated heterocycles. The van der Waals surface area contributed by atoms with E-state index in [4.69, 9.17) is 5.73 Å². The lowest BCUT2D eigenvalue weighted by Crippen LogP contribution is -2.55. The van der Waals surface area contributed by atoms with E-state index >= 15 is 0 Å². The van der Waals surface area contributed by atoms with E-state index in [-0.39, 0.29) is 11.0 Å². The van der Waals surface area contributed by atoms with Gasteiger partial charge in [-0.05, 0) is 25.7 Å². The van der Waals surface area contributed by atoms with Crippen LogP contribution in [0.15, 0.2) is 0 Å². The highest BCUT2D eigenvalue weighted by Gasteiger charge is 2.53. The monoisotopic (exact) mass is 169 g/mol. The van der Waals surface area contributed by atoms with Crippen LogP contribution in [0.3, 0.4) is 0 Å². The van der Waals surface area contributed by atoms with Gasteiger partial charge in [0, 0.05) is 12.0 Å². The first kappa shape index (κ1) is 8.52. The summed E-state index contributed by atoms with van der Waals surface area (Å²) in [6.07, 6.45) is 7.93. The summed E-state index contributed by atoms with van der Waals surface area (Å²) in [5.74, 6) is 0. The first-order valence-corrected chi connectivity index (χ1v) is 5.15. The number of hydrogen-bond donors (Lipinski definition) is 2. The normalized spacial score (nSPS) is 31.5. The Morgan fingerprint density at radius 3 is 1.92 bits per heavy atom. The quantitative estimate of drug-likeness (QED) is 0.656. The molecule has 0 aromatic carbocycles. The minimum Gasteiger partial charge on any atom is -0.389 e. The maximum Gasteiger partial charge on any atom is 0.0715 e. The maximum atomic E-state index is 10.4. The topological polar surface area (TPSA) is 46.2 Å². The molecule has 3 N–H and O–H groups in total. The minimum absolute atomic E-state index is 0.115. The lowest BCUT2D eigenvalue weighted by molar-refractivity contribution is -0.117. The summed E-state index contributed by atoms with van der Waals surface area (Å²) in [7, 11) is 0. The van der Waals surface area contributed by atoms with Crippen molar-refractivity contribution in [2.75, 3.05) is 6.54 Å². The van der Waals surface area contributed by atoms with E-state index in [0.29, 0.717) is 6.54 Å². The number of aliphatic hydroxyl groups is 1. The average Bonchev–Trinajstić information content (AvgIpc) is 2.35. The molecule has 0 amide bonds. The van der Waals surface area contributed by atoms with Gasteiger partial charge in [-0.1, -0.05) is 19.3 Å². The van der Waals surface area contributed by atoms with Gasteiger partial charge in [0.05, 0.1) is 5.60 Å². The van der Waals surface area contributed by atoms with Crippen LogP contribution in [0, 0.1) is 5.41 Å². The van der Waals surface area contributed by atoms with Gasteiger partial charge >= 0.3 is 0 Å². The highest BCUT2D eigenvalue weighted by atomic mass is 16.3. The molecule has 70 valence electrons. The molecule has 0 bridgehead atoms. The van der Waals surface area contributed by atoms with E-state index in [1.807, 2.05) is 0 Å². The second kappa shape index (κ2) is 2.71. The molecule has 2 fully saturated rings. The molecule has 2 heteroatoms. The summed E-state index contributed by atoms with van der Waals surface area (Å²) < 4.78 is 0. The molecule has 0 heterocycles. The zero-order chi connectivity index (χ0) is 8.66. The van der Waals surface area contributed by atoms with E-state index in [9.17, 15) is 5.11 Å².